The first-order valence-electron chi connectivity index (χ1n) is 3.87. The fraction of sp³-hybridized carbons (Fsp3) is 0.111. The summed E-state index contributed by atoms with van der Waals surface area (Å²) < 4.78 is 36.3. The van der Waals surface area contributed by atoms with Crippen molar-refractivity contribution in [1.29, 1.82) is 0 Å². The van der Waals surface area contributed by atoms with Crippen LogP contribution in [0.2, 0.25) is 0 Å². The summed E-state index contributed by atoms with van der Waals surface area (Å²) in [5.41, 5.74) is -0.847. The van der Waals surface area contributed by atoms with E-state index in [-0.39, 0.29) is 12.0 Å². The van der Waals surface area contributed by atoms with E-state index in [1.54, 1.807) is 0 Å². The molecule has 0 fully saturated rings. The van der Waals surface area contributed by atoms with E-state index < -0.39 is 17.6 Å². The molecule has 0 saturated carbocycles. The van der Waals surface area contributed by atoms with Gasteiger partial charge in [-0.15, -0.1) is 0 Å². The number of carbonyl (C=O) groups excluding carboxylic acids is 2. The van der Waals surface area contributed by atoms with E-state index in [1.165, 1.54) is 0 Å². The quantitative estimate of drug-likeness (QED) is 0.764. The van der Waals surface area contributed by atoms with Gasteiger partial charge in [0.05, 0.1) is 5.56 Å². The third-order valence-corrected chi connectivity index (χ3v) is 1.66. The van der Waals surface area contributed by atoms with Crippen LogP contribution in [0.15, 0.2) is 24.3 Å². The van der Waals surface area contributed by atoms with E-state index in [0.29, 0.717) is 0 Å². The van der Waals surface area contributed by atoms with Crippen molar-refractivity contribution in [2.24, 2.45) is 0 Å². The first-order valence-corrected chi connectivity index (χ1v) is 3.87. The molecule has 0 radical (unpaired) electrons. The molecule has 6 heteroatoms. The Morgan fingerprint density at radius 1 is 1.20 bits per heavy atom. The van der Waals surface area contributed by atoms with Gasteiger partial charge in [-0.3, -0.25) is 14.9 Å². The number of rotatable bonds is 2. The number of imide groups is 1. The van der Waals surface area contributed by atoms with Gasteiger partial charge >= 0.3 is 6.18 Å². The van der Waals surface area contributed by atoms with Crippen molar-refractivity contribution in [3.05, 3.63) is 35.4 Å². The summed E-state index contributed by atoms with van der Waals surface area (Å²) in [6, 6.07) is 3.56. The van der Waals surface area contributed by atoms with E-state index in [4.69, 9.17) is 0 Å². The molecule has 0 aliphatic carbocycles. The second-order valence-electron chi connectivity index (χ2n) is 2.67. The van der Waals surface area contributed by atoms with Gasteiger partial charge < -0.3 is 0 Å². The summed E-state index contributed by atoms with van der Waals surface area (Å²) in [6.07, 6.45) is -4.26. The monoisotopic (exact) mass is 217 g/mol. The minimum atomic E-state index is -4.43. The van der Waals surface area contributed by atoms with Crippen LogP contribution >= 0.6 is 0 Å². The molecule has 0 heterocycles. The maximum absolute atomic E-state index is 12.1. The lowest BCUT2D eigenvalue weighted by Crippen LogP contribution is -2.21. The lowest BCUT2D eigenvalue weighted by Gasteiger charge is -2.06. The molecule has 1 N–H and O–H groups in total. The van der Waals surface area contributed by atoms with Crippen LogP contribution in [0.3, 0.4) is 0 Å². The average molecular weight is 217 g/mol. The summed E-state index contributed by atoms with van der Waals surface area (Å²) in [5, 5.41) is 1.82. The molecule has 0 aromatic heterocycles. The van der Waals surface area contributed by atoms with Gasteiger partial charge in [0.1, 0.15) is 0 Å². The number of nitrogens with one attached hydrogen (secondary N) is 1. The first kappa shape index (κ1) is 11.2. The molecule has 1 rings (SSSR count). The highest BCUT2D eigenvalue weighted by atomic mass is 19.4. The molecule has 1 aromatic rings. The Morgan fingerprint density at radius 3 is 2.13 bits per heavy atom. The molecule has 0 spiro atoms. The van der Waals surface area contributed by atoms with Gasteiger partial charge in [0.15, 0.2) is 0 Å². The molecule has 0 aliphatic heterocycles. The van der Waals surface area contributed by atoms with E-state index in [1.807, 2.05) is 5.32 Å². The maximum atomic E-state index is 12.1. The summed E-state index contributed by atoms with van der Waals surface area (Å²) in [4.78, 5) is 20.9. The zero-order chi connectivity index (χ0) is 11.5. The largest absolute Gasteiger partial charge is 0.416 e. The lowest BCUT2D eigenvalue weighted by atomic mass is 10.1. The van der Waals surface area contributed by atoms with Crippen molar-refractivity contribution in [3.63, 3.8) is 0 Å². The van der Waals surface area contributed by atoms with Crippen LogP contribution in [0.1, 0.15) is 15.9 Å². The number of amides is 2. The number of benzene rings is 1. The number of alkyl halides is 3. The molecule has 2 amide bonds. The molecule has 15 heavy (non-hydrogen) atoms. The molecular weight excluding hydrogens is 211 g/mol. The summed E-state index contributed by atoms with van der Waals surface area (Å²) in [7, 11) is 0. The van der Waals surface area contributed by atoms with Crippen molar-refractivity contribution in [3.8, 4) is 0 Å². The van der Waals surface area contributed by atoms with Gasteiger partial charge in [-0.2, -0.15) is 13.2 Å². The van der Waals surface area contributed by atoms with E-state index >= 15 is 0 Å². The highest BCUT2D eigenvalue weighted by molar-refractivity contribution is 5.99. The molecule has 3 nitrogen and oxygen atoms in total. The predicted octanol–water partition coefficient (Wildman–Crippen LogP) is 1.59. The Kier molecular flexibility index (Phi) is 3.08. The molecule has 0 unspecified atom stereocenters. The predicted molar refractivity (Wildman–Crippen MR) is 45.0 cm³/mol. The first-order chi connectivity index (χ1) is 6.95. The minimum Gasteiger partial charge on any atom is -0.295 e. The smallest absolute Gasteiger partial charge is 0.295 e. The Hall–Kier alpha value is -1.85. The minimum absolute atomic E-state index is 0.00454. The Bertz CT molecular complexity index is 370. The standard InChI is InChI=1S/C9H6F3NO2/c10-9(11,12)7-3-1-6(2-4-7)8(15)13-5-14/h1-5H,(H,13,14,15). The van der Waals surface area contributed by atoms with Crippen molar-refractivity contribution in [1.82, 2.24) is 5.32 Å². The highest BCUT2D eigenvalue weighted by Crippen LogP contribution is 2.28. The molecule has 1 aromatic carbocycles. The Labute approximate surface area is 82.9 Å². The maximum Gasteiger partial charge on any atom is 0.416 e. The van der Waals surface area contributed by atoms with Crippen LogP contribution < -0.4 is 5.32 Å². The van der Waals surface area contributed by atoms with Crippen LogP contribution in [0.25, 0.3) is 0 Å². The van der Waals surface area contributed by atoms with Gasteiger partial charge in [0.25, 0.3) is 5.91 Å². The molecule has 80 valence electrons. The summed E-state index contributed by atoms with van der Waals surface area (Å²) in [6.45, 7) is 0. The SMILES string of the molecule is O=CNC(=O)c1ccc(C(F)(F)F)cc1. The molecular formula is C9H6F3NO2. The lowest BCUT2D eigenvalue weighted by molar-refractivity contribution is -0.137. The second-order valence-corrected chi connectivity index (χ2v) is 2.67. The van der Waals surface area contributed by atoms with Crippen molar-refractivity contribution in [2.75, 3.05) is 0 Å². The average Bonchev–Trinajstić information content (AvgIpc) is 2.17. The van der Waals surface area contributed by atoms with Gasteiger partial charge in [-0.05, 0) is 24.3 Å². The molecule has 0 bridgehead atoms. The fourth-order valence-electron chi connectivity index (χ4n) is 0.947. The van der Waals surface area contributed by atoms with Gasteiger partial charge in [-0.25, -0.2) is 0 Å². The van der Waals surface area contributed by atoms with E-state index in [9.17, 15) is 22.8 Å². The zero-order valence-corrected chi connectivity index (χ0v) is 7.34. The second kappa shape index (κ2) is 4.12. The number of halogens is 3. The van der Waals surface area contributed by atoms with Crippen LogP contribution in [0.4, 0.5) is 13.2 Å². The number of carbonyl (C=O) groups is 2. The zero-order valence-electron chi connectivity index (χ0n) is 7.34. The molecule has 0 saturated heterocycles. The normalized spacial score (nSPS) is 10.9. The number of hydrogen-bond donors (Lipinski definition) is 1. The van der Waals surface area contributed by atoms with Crippen molar-refractivity contribution in [2.45, 2.75) is 6.18 Å². The van der Waals surface area contributed by atoms with E-state index in [2.05, 4.69) is 0 Å². The highest BCUT2D eigenvalue weighted by Gasteiger charge is 2.30. The van der Waals surface area contributed by atoms with Crippen LogP contribution in [0, 0.1) is 0 Å². The Balaban J connectivity index is 2.90. The topological polar surface area (TPSA) is 46.2 Å². The van der Waals surface area contributed by atoms with Crippen molar-refractivity contribution < 1.29 is 22.8 Å². The van der Waals surface area contributed by atoms with Crippen molar-refractivity contribution >= 4 is 12.3 Å². The fourth-order valence-corrected chi connectivity index (χ4v) is 0.947. The summed E-state index contributed by atoms with van der Waals surface area (Å²) in [5.74, 6) is -0.737. The number of hydrogen-bond acceptors (Lipinski definition) is 2. The van der Waals surface area contributed by atoms with E-state index in [0.717, 1.165) is 24.3 Å². The summed E-state index contributed by atoms with van der Waals surface area (Å²) >= 11 is 0. The van der Waals surface area contributed by atoms with Gasteiger partial charge in [0, 0.05) is 5.56 Å². The van der Waals surface area contributed by atoms with Crippen LogP contribution in [0.5, 0.6) is 0 Å². The molecule has 0 atom stereocenters. The van der Waals surface area contributed by atoms with Crippen LogP contribution in [-0.2, 0) is 11.0 Å². The van der Waals surface area contributed by atoms with Gasteiger partial charge in [-0.1, -0.05) is 0 Å². The molecule has 0 aliphatic rings. The third kappa shape index (κ3) is 2.80. The third-order valence-electron chi connectivity index (χ3n) is 1.66. The Morgan fingerprint density at radius 2 is 1.73 bits per heavy atom. The van der Waals surface area contributed by atoms with Crippen LogP contribution in [-0.4, -0.2) is 12.3 Å². The van der Waals surface area contributed by atoms with Gasteiger partial charge in [0.2, 0.25) is 6.41 Å².